The van der Waals surface area contributed by atoms with Crippen LogP contribution in [-0.2, 0) is 30.6 Å². The summed E-state index contributed by atoms with van der Waals surface area (Å²) in [6, 6.07) is 9.82. The van der Waals surface area contributed by atoms with E-state index in [0.29, 0.717) is 32.3 Å². The molecule has 10 nitrogen and oxygen atoms in total. The van der Waals surface area contributed by atoms with E-state index >= 15 is 0 Å². The normalized spacial score (nSPS) is 27.7. The molecule has 38 heavy (non-hydrogen) atoms. The molecule has 0 saturated heterocycles. The van der Waals surface area contributed by atoms with Crippen molar-refractivity contribution in [2.75, 3.05) is 7.05 Å². The zero-order valence-corrected chi connectivity index (χ0v) is 22.7. The van der Waals surface area contributed by atoms with Crippen molar-refractivity contribution in [3.8, 4) is 0 Å². The molecular weight excluding hydrogens is 488 g/mol. The fourth-order valence-corrected chi connectivity index (χ4v) is 5.65. The topological polar surface area (TPSA) is 126 Å². The Morgan fingerprint density at radius 1 is 1.05 bits per heavy atom. The number of alkyl carbamates (subject to hydrolysis) is 1. The Morgan fingerprint density at radius 3 is 2.32 bits per heavy atom. The van der Waals surface area contributed by atoms with Gasteiger partial charge in [0.2, 0.25) is 11.8 Å². The van der Waals surface area contributed by atoms with Crippen LogP contribution in [0.3, 0.4) is 0 Å². The number of carbonyl (C=O) groups is 4. The Morgan fingerprint density at radius 2 is 1.71 bits per heavy atom. The van der Waals surface area contributed by atoms with Crippen LogP contribution in [0, 0.1) is 23.2 Å². The van der Waals surface area contributed by atoms with Crippen LogP contribution in [0.1, 0.15) is 64.9 Å². The molecule has 3 aliphatic carbocycles. The van der Waals surface area contributed by atoms with Gasteiger partial charge in [-0.25, -0.2) is 4.79 Å². The molecule has 1 spiro atoms. The number of hydroxylamine groups is 2. The number of hydrazine groups is 1. The largest absolute Gasteiger partial charge is 0.444 e. The summed E-state index contributed by atoms with van der Waals surface area (Å²) in [7, 11) is 1.90. The van der Waals surface area contributed by atoms with Crippen molar-refractivity contribution in [2.45, 2.75) is 83.6 Å². The number of benzene rings is 1. The van der Waals surface area contributed by atoms with Crippen LogP contribution in [0.5, 0.6) is 0 Å². The van der Waals surface area contributed by atoms with Crippen LogP contribution in [0.25, 0.3) is 0 Å². The third-order valence-corrected chi connectivity index (χ3v) is 8.00. The van der Waals surface area contributed by atoms with E-state index in [2.05, 4.69) is 16.2 Å². The third kappa shape index (κ3) is 6.91. The second kappa shape index (κ2) is 11.4. The van der Waals surface area contributed by atoms with Crippen molar-refractivity contribution in [1.82, 2.24) is 21.2 Å². The summed E-state index contributed by atoms with van der Waals surface area (Å²) in [5.41, 5.74) is 5.50. The first-order valence-electron chi connectivity index (χ1n) is 13.4. The number of nitrogens with one attached hydrogen (secondary N) is 3. The SMILES string of the molecule is CN(OCc1ccccc1)C1CC(C=O)[C@H](C(=O)NNC(=O)C2CC(NC(=O)OC(C)(C)C)C2)CC12CC2. The van der Waals surface area contributed by atoms with Crippen LogP contribution >= 0.6 is 0 Å². The molecule has 3 amide bonds. The maximum Gasteiger partial charge on any atom is 0.407 e. The van der Waals surface area contributed by atoms with E-state index in [4.69, 9.17) is 9.57 Å². The lowest BCUT2D eigenvalue weighted by atomic mass is 9.69. The minimum absolute atomic E-state index is 0.0458. The van der Waals surface area contributed by atoms with Gasteiger partial charge in [0.1, 0.15) is 11.9 Å². The van der Waals surface area contributed by atoms with Gasteiger partial charge in [0.05, 0.1) is 6.61 Å². The Labute approximate surface area is 224 Å². The number of hydrogen-bond acceptors (Lipinski definition) is 7. The van der Waals surface area contributed by atoms with E-state index in [1.807, 2.05) is 42.4 Å². The average molecular weight is 529 g/mol. The first kappa shape index (κ1) is 28.0. The second-order valence-corrected chi connectivity index (χ2v) is 12.0. The number of amides is 3. The molecule has 0 heterocycles. The Kier molecular flexibility index (Phi) is 8.42. The quantitative estimate of drug-likeness (QED) is 0.350. The maximum absolute atomic E-state index is 13.0. The summed E-state index contributed by atoms with van der Waals surface area (Å²) < 4.78 is 5.24. The van der Waals surface area contributed by atoms with Crippen LogP contribution in [0.4, 0.5) is 4.79 Å². The van der Waals surface area contributed by atoms with Gasteiger partial charge in [-0.1, -0.05) is 30.3 Å². The summed E-state index contributed by atoms with van der Waals surface area (Å²) in [5.74, 6) is -1.91. The monoisotopic (exact) mass is 528 g/mol. The maximum atomic E-state index is 13.0. The minimum Gasteiger partial charge on any atom is -0.444 e. The molecule has 0 radical (unpaired) electrons. The molecule has 3 saturated carbocycles. The van der Waals surface area contributed by atoms with Crippen molar-refractivity contribution < 1.29 is 28.8 Å². The Hall–Kier alpha value is -2.98. The van der Waals surface area contributed by atoms with Gasteiger partial charge in [0.25, 0.3) is 0 Å². The summed E-state index contributed by atoms with van der Waals surface area (Å²) >= 11 is 0. The average Bonchev–Trinajstić information content (AvgIpc) is 3.61. The van der Waals surface area contributed by atoms with Gasteiger partial charge in [-0.15, -0.1) is 0 Å². The molecule has 0 bridgehead atoms. The number of aldehydes is 1. The zero-order valence-electron chi connectivity index (χ0n) is 22.7. The number of carbonyl (C=O) groups excluding carboxylic acids is 4. The lowest BCUT2D eigenvalue weighted by Crippen LogP contribution is -2.56. The van der Waals surface area contributed by atoms with Crippen molar-refractivity contribution in [2.24, 2.45) is 23.2 Å². The van der Waals surface area contributed by atoms with E-state index in [1.54, 1.807) is 20.8 Å². The van der Waals surface area contributed by atoms with Crippen molar-refractivity contribution in [1.29, 1.82) is 0 Å². The minimum atomic E-state index is -0.586. The first-order chi connectivity index (χ1) is 18.0. The van der Waals surface area contributed by atoms with Crippen molar-refractivity contribution in [3.63, 3.8) is 0 Å². The molecule has 3 N–H and O–H groups in total. The highest BCUT2D eigenvalue weighted by Gasteiger charge is 2.58. The van der Waals surface area contributed by atoms with Gasteiger partial charge in [-0.3, -0.25) is 25.3 Å². The third-order valence-electron chi connectivity index (χ3n) is 8.00. The smallest absolute Gasteiger partial charge is 0.407 e. The fourth-order valence-electron chi connectivity index (χ4n) is 5.65. The molecule has 0 aliphatic heterocycles. The zero-order chi connectivity index (χ0) is 27.5. The van der Waals surface area contributed by atoms with Crippen molar-refractivity contribution in [3.05, 3.63) is 35.9 Å². The molecule has 2 unspecified atom stereocenters. The van der Waals surface area contributed by atoms with E-state index in [1.165, 1.54) is 0 Å². The molecule has 1 aromatic rings. The Bertz CT molecular complexity index is 1020. The lowest BCUT2D eigenvalue weighted by Gasteiger charge is -2.43. The van der Waals surface area contributed by atoms with Crippen LogP contribution in [0.2, 0.25) is 0 Å². The van der Waals surface area contributed by atoms with Gasteiger partial charge in [-0.05, 0) is 70.3 Å². The summed E-state index contributed by atoms with van der Waals surface area (Å²) in [4.78, 5) is 55.5. The van der Waals surface area contributed by atoms with Gasteiger partial charge in [-0.2, -0.15) is 5.06 Å². The predicted molar refractivity (Wildman–Crippen MR) is 139 cm³/mol. The number of hydrogen-bond donors (Lipinski definition) is 3. The number of nitrogens with zero attached hydrogens (tertiary/aromatic N) is 1. The molecule has 0 aromatic heterocycles. The number of ether oxygens (including phenoxy) is 1. The fraction of sp³-hybridized carbons (Fsp3) is 0.643. The molecule has 3 atom stereocenters. The van der Waals surface area contributed by atoms with Crippen LogP contribution in [-0.4, -0.2) is 54.0 Å². The molecular formula is C28H40N4O6. The summed E-state index contributed by atoms with van der Waals surface area (Å²) in [6.07, 6.45) is 4.37. The Balaban J connectivity index is 1.23. The molecule has 10 heteroatoms. The van der Waals surface area contributed by atoms with E-state index in [9.17, 15) is 19.2 Å². The van der Waals surface area contributed by atoms with Gasteiger partial charge in [0, 0.05) is 36.9 Å². The molecule has 4 rings (SSSR count). The van der Waals surface area contributed by atoms with E-state index in [0.717, 1.165) is 24.7 Å². The van der Waals surface area contributed by atoms with Gasteiger partial charge in [0.15, 0.2) is 0 Å². The van der Waals surface area contributed by atoms with Gasteiger partial charge < -0.3 is 14.8 Å². The van der Waals surface area contributed by atoms with Crippen LogP contribution in [0.15, 0.2) is 30.3 Å². The van der Waals surface area contributed by atoms with Gasteiger partial charge >= 0.3 is 6.09 Å². The van der Waals surface area contributed by atoms with Crippen molar-refractivity contribution >= 4 is 24.2 Å². The summed E-state index contributed by atoms with van der Waals surface area (Å²) in [6.45, 7) is 5.81. The van der Waals surface area contributed by atoms with E-state index in [-0.39, 0.29) is 35.2 Å². The first-order valence-corrected chi connectivity index (χ1v) is 13.4. The predicted octanol–water partition coefficient (Wildman–Crippen LogP) is 2.87. The lowest BCUT2D eigenvalue weighted by molar-refractivity contribution is -0.205. The molecule has 3 aliphatic rings. The standard InChI is InChI=1S/C28H40N4O6/c1-27(2,3)38-26(36)29-21-12-19(13-21)24(34)30-31-25(35)22-15-28(10-11-28)23(14-20(22)16-33)32(4)37-17-18-8-6-5-7-9-18/h5-9,16,19-23H,10-15,17H2,1-4H3,(H,29,36)(H,30,34)(H,31,35)/t19?,20?,21?,22-,23?/m1/s1. The summed E-state index contributed by atoms with van der Waals surface area (Å²) in [5, 5.41) is 4.62. The highest BCUT2D eigenvalue weighted by Crippen LogP contribution is 2.60. The highest BCUT2D eigenvalue weighted by molar-refractivity contribution is 5.86. The second-order valence-electron chi connectivity index (χ2n) is 12.0. The highest BCUT2D eigenvalue weighted by atomic mass is 16.7. The number of rotatable bonds is 8. The molecule has 1 aromatic carbocycles. The van der Waals surface area contributed by atoms with E-state index < -0.39 is 23.5 Å². The van der Waals surface area contributed by atoms with Crippen LogP contribution < -0.4 is 16.2 Å². The molecule has 3 fully saturated rings. The molecule has 208 valence electrons.